The van der Waals surface area contributed by atoms with Crippen LogP contribution < -0.4 is 15.0 Å². The minimum Gasteiger partial charge on any atom is -0.482 e. The minimum absolute atomic E-state index is 0.0217. The average molecular weight is 387 g/mol. The molecule has 0 unspecified atom stereocenters. The van der Waals surface area contributed by atoms with E-state index in [4.69, 9.17) is 4.74 Å². The molecule has 0 saturated heterocycles. The van der Waals surface area contributed by atoms with Crippen molar-refractivity contribution in [2.24, 2.45) is 5.92 Å². The van der Waals surface area contributed by atoms with Crippen molar-refractivity contribution in [3.05, 3.63) is 18.2 Å². The molecule has 0 bridgehead atoms. The van der Waals surface area contributed by atoms with Gasteiger partial charge in [0.2, 0.25) is 11.8 Å². The number of amides is 3. The number of likely N-dealkylation sites (N-methyl/N-ethyl adjacent to an activating group) is 1. The summed E-state index contributed by atoms with van der Waals surface area (Å²) in [6.45, 7) is 4.89. The first-order valence-corrected chi connectivity index (χ1v) is 10.2. The molecular formula is C21H29N3O4. The molecule has 7 nitrogen and oxygen atoms in total. The number of carbonyl (C=O) groups is 3. The number of fused-ring (bicyclic) bond motifs is 1. The molecule has 0 aromatic heterocycles. The van der Waals surface area contributed by atoms with Crippen molar-refractivity contribution in [1.29, 1.82) is 0 Å². The predicted octanol–water partition coefficient (Wildman–Crippen LogP) is 2.80. The Hall–Kier alpha value is -2.57. The lowest BCUT2D eigenvalue weighted by molar-refractivity contribution is -0.131. The second-order valence-electron chi connectivity index (χ2n) is 7.34. The molecule has 152 valence electrons. The van der Waals surface area contributed by atoms with Crippen molar-refractivity contribution in [1.82, 2.24) is 4.90 Å². The van der Waals surface area contributed by atoms with Gasteiger partial charge in [-0.05, 0) is 44.9 Å². The maximum atomic E-state index is 12.5. The monoisotopic (exact) mass is 387 g/mol. The van der Waals surface area contributed by atoms with Crippen LogP contribution in [0.3, 0.4) is 0 Å². The van der Waals surface area contributed by atoms with Gasteiger partial charge in [0.1, 0.15) is 12.3 Å². The van der Waals surface area contributed by atoms with Crippen LogP contribution in [-0.4, -0.2) is 48.9 Å². The SMILES string of the molecule is CCN(CC)C(=O)CN1C(=O)COc2ccc(NC(=O)C3CCCCC3)cc21. The molecule has 3 amide bonds. The summed E-state index contributed by atoms with van der Waals surface area (Å²) in [5.74, 6) is 0.241. The van der Waals surface area contributed by atoms with Crippen molar-refractivity contribution in [3.63, 3.8) is 0 Å². The van der Waals surface area contributed by atoms with E-state index in [1.165, 1.54) is 11.3 Å². The zero-order chi connectivity index (χ0) is 20.1. The Bertz CT molecular complexity index is 739. The normalized spacial score (nSPS) is 16.9. The highest BCUT2D eigenvalue weighted by Crippen LogP contribution is 2.35. The Kier molecular flexibility index (Phi) is 6.54. The Labute approximate surface area is 166 Å². The molecular weight excluding hydrogens is 358 g/mol. The topological polar surface area (TPSA) is 79.0 Å². The quantitative estimate of drug-likeness (QED) is 0.814. The summed E-state index contributed by atoms with van der Waals surface area (Å²) < 4.78 is 5.51. The number of anilines is 2. The van der Waals surface area contributed by atoms with E-state index in [2.05, 4.69) is 5.32 Å². The summed E-state index contributed by atoms with van der Waals surface area (Å²) in [4.78, 5) is 40.6. The molecule has 7 heteroatoms. The van der Waals surface area contributed by atoms with Gasteiger partial charge in [-0.1, -0.05) is 19.3 Å². The van der Waals surface area contributed by atoms with Gasteiger partial charge in [0.15, 0.2) is 6.61 Å². The van der Waals surface area contributed by atoms with Crippen LogP contribution in [0.1, 0.15) is 46.0 Å². The molecule has 1 fully saturated rings. The molecule has 1 saturated carbocycles. The van der Waals surface area contributed by atoms with Gasteiger partial charge in [-0.3, -0.25) is 19.3 Å². The predicted molar refractivity (Wildman–Crippen MR) is 107 cm³/mol. The molecule has 0 spiro atoms. The van der Waals surface area contributed by atoms with Crippen LogP contribution in [0.4, 0.5) is 11.4 Å². The van der Waals surface area contributed by atoms with Gasteiger partial charge in [-0.15, -0.1) is 0 Å². The fraction of sp³-hybridized carbons (Fsp3) is 0.571. The Morgan fingerprint density at radius 2 is 1.89 bits per heavy atom. The van der Waals surface area contributed by atoms with Crippen LogP contribution in [0.5, 0.6) is 5.75 Å². The molecule has 1 aromatic carbocycles. The van der Waals surface area contributed by atoms with E-state index in [0.29, 0.717) is 30.2 Å². The Morgan fingerprint density at radius 1 is 1.18 bits per heavy atom. The van der Waals surface area contributed by atoms with Gasteiger partial charge in [-0.25, -0.2) is 0 Å². The van der Waals surface area contributed by atoms with E-state index >= 15 is 0 Å². The number of hydrogen-bond acceptors (Lipinski definition) is 4. The molecule has 3 rings (SSSR count). The molecule has 2 aliphatic rings. The highest BCUT2D eigenvalue weighted by Gasteiger charge is 2.29. The molecule has 0 radical (unpaired) electrons. The highest BCUT2D eigenvalue weighted by atomic mass is 16.5. The van der Waals surface area contributed by atoms with E-state index in [9.17, 15) is 14.4 Å². The molecule has 28 heavy (non-hydrogen) atoms. The van der Waals surface area contributed by atoms with Crippen LogP contribution in [0.2, 0.25) is 0 Å². The van der Waals surface area contributed by atoms with Crippen molar-refractivity contribution in [3.8, 4) is 5.75 Å². The van der Waals surface area contributed by atoms with Crippen LogP contribution in [-0.2, 0) is 14.4 Å². The van der Waals surface area contributed by atoms with Gasteiger partial charge >= 0.3 is 0 Å². The maximum Gasteiger partial charge on any atom is 0.265 e. The van der Waals surface area contributed by atoms with Crippen molar-refractivity contribution in [2.45, 2.75) is 46.0 Å². The molecule has 1 aliphatic heterocycles. The van der Waals surface area contributed by atoms with Crippen LogP contribution >= 0.6 is 0 Å². The summed E-state index contributed by atoms with van der Waals surface area (Å²) in [7, 11) is 0. The Morgan fingerprint density at radius 3 is 2.57 bits per heavy atom. The largest absolute Gasteiger partial charge is 0.482 e. The van der Waals surface area contributed by atoms with E-state index < -0.39 is 0 Å². The van der Waals surface area contributed by atoms with Gasteiger partial charge < -0.3 is 15.0 Å². The van der Waals surface area contributed by atoms with Gasteiger partial charge in [0.05, 0.1) is 5.69 Å². The van der Waals surface area contributed by atoms with Crippen molar-refractivity contribution < 1.29 is 19.1 Å². The number of carbonyl (C=O) groups excluding carboxylic acids is 3. The average Bonchev–Trinajstić information content (AvgIpc) is 2.72. The van der Waals surface area contributed by atoms with E-state index in [1.807, 2.05) is 13.8 Å². The third kappa shape index (κ3) is 4.46. The number of nitrogens with one attached hydrogen (secondary N) is 1. The van der Waals surface area contributed by atoms with Gasteiger partial charge in [0, 0.05) is 24.7 Å². The third-order valence-electron chi connectivity index (χ3n) is 5.55. The number of benzene rings is 1. The standard InChI is InChI=1S/C21H29N3O4/c1-3-23(4-2)19(25)13-24-17-12-16(10-11-18(17)28-14-20(24)26)22-21(27)15-8-6-5-7-9-15/h10-12,15H,3-9,13-14H2,1-2H3,(H,22,27). The zero-order valence-corrected chi connectivity index (χ0v) is 16.7. The number of nitrogens with zero attached hydrogens (tertiary/aromatic N) is 2. The number of rotatable bonds is 6. The molecule has 1 aromatic rings. The first-order chi connectivity index (χ1) is 13.5. The lowest BCUT2D eigenvalue weighted by Gasteiger charge is -2.31. The zero-order valence-electron chi connectivity index (χ0n) is 16.7. The minimum atomic E-state index is -0.260. The summed E-state index contributed by atoms with van der Waals surface area (Å²) in [6, 6.07) is 5.25. The Balaban J connectivity index is 1.77. The molecule has 1 aliphatic carbocycles. The fourth-order valence-corrected chi connectivity index (χ4v) is 3.87. The van der Waals surface area contributed by atoms with E-state index in [1.54, 1.807) is 23.1 Å². The molecule has 1 heterocycles. The van der Waals surface area contributed by atoms with Crippen LogP contribution in [0.25, 0.3) is 0 Å². The van der Waals surface area contributed by atoms with Crippen molar-refractivity contribution >= 4 is 29.1 Å². The fourth-order valence-electron chi connectivity index (χ4n) is 3.87. The van der Waals surface area contributed by atoms with Crippen LogP contribution in [0, 0.1) is 5.92 Å². The molecule has 0 atom stereocenters. The van der Waals surface area contributed by atoms with Gasteiger partial charge in [-0.2, -0.15) is 0 Å². The van der Waals surface area contributed by atoms with Gasteiger partial charge in [0.25, 0.3) is 5.91 Å². The number of hydrogen-bond donors (Lipinski definition) is 1. The summed E-state index contributed by atoms with van der Waals surface area (Å²) >= 11 is 0. The van der Waals surface area contributed by atoms with E-state index in [0.717, 1.165) is 25.7 Å². The summed E-state index contributed by atoms with van der Waals surface area (Å²) in [5.41, 5.74) is 1.14. The maximum absolute atomic E-state index is 12.5. The third-order valence-corrected chi connectivity index (χ3v) is 5.55. The second-order valence-corrected chi connectivity index (χ2v) is 7.34. The lowest BCUT2D eigenvalue weighted by Crippen LogP contribution is -2.46. The van der Waals surface area contributed by atoms with E-state index in [-0.39, 0.29) is 36.8 Å². The van der Waals surface area contributed by atoms with Crippen molar-refractivity contribution in [2.75, 3.05) is 36.5 Å². The second kappa shape index (κ2) is 9.08. The summed E-state index contributed by atoms with van der Waals surface area (Å²) in [6.07, 6.45) is 5.21. The smallest absolute Gasteiger partial charge is 0.265 e. The first-order valence-electron chi connectivity index (χ1n) is 10.2. The van der Waals surface area contributed by atoms with Crippen LogP contribution in [0.15, 0.2) is 18.2 Å². The summed E-state index contributed by atoms with van der Waals surface area (Å²) in [5, 5.41) is 2.97. The molecule has 1 N–H and O–H groups in total. The number of ether oxygens (including phenoxy) is 1. The lowest BCUT2D eigenvalue weighted by atomic mass is 9.88. The highest BCUT2D eigenvalue weighted by molar-refractivity contribution is 6.03. The first kappa shape index (κ1) is 20.2.